The first-order valence-corrected chi connectivity index (χ1v) is 5.52. The van der Waals surface area contributed by atoms with Gasteiger partial charge in [-0.15, -0.1) is 0 Å². The maximum atomic E-state index is 11.3. The summed E-state index contributed by atoms with van der Waals surface area (Å²) in [6.45, 7) is 5.58. The van der Waals surface area contributed by atoms with Gasteiger partial charge in [0.1, 0.15) is 11.2 Å². The smallest absolute Gasteiger partial charge is 0.407 e. The molecular weight excluding hydrogens is 238 g/mol. The summed E-state index contributed by atoms with van der Waals surface area (Å²) in [6.07, 6.45) is 1.06. The van der Waals surface area contributed by atoms with Crippen LogP contribution in [0.2, 0.25) is 0 Å². The van der Waals surface area contributed by atoms with Crippen molar-refractivity contribution in [1.29, 1.82) is 0 Å². The Labute approximate surface area is 105 Å². The van der Waals surface area contributed by atoms with Gasteiger partial charge in [-0.25, -0.2) is 9.59 Å². The van der Waals surface area contributed by atoms with Crippen LogP contribution in [0, 0.1) is 0 Å². The monoisotopic (exact) mass is 255 g/mol. The minimum atomic E-state index is -1.05. The Bertz CT molecular complexity index is 434. The Morgan fingerprint density at radius 2 is 2.17 bits per heavy atom. The molecular formula is C11H17N3O4. The number of nitrogens with one attached hydrogen (secondary N) is 2. The number of amides is 1. The first kappa shape index (κ1) is 14.0. The van der Waals surface area contributed by atoms with Crippen LogP contribution in [0.25, 0.3) is 0 Å². The molecule has 1 heterocycles. The number of carboxylic acid groups (broad SMARTS) is 1. The Balaban J connectivity index is 2.40. The quantitative estimate of drug-likeness (QED) is 0.749. The molecule has 18 heavy (non-hydrogen) atoms. The molecule has 0 unspecified atom stereocenters. The molecule has 7 nitrogen and oxygen atoms in total. The van der Waals surface area contributed by atoms with Crippen molar-refractivity contribution in [2.45, 2.75) is 32.8 Å². The van der Waals surface area contributed by atoms with Gasteiger partial charge in [0, 0.05) is 13.0 Å². The van der Waals surface area contributed by atoms with E-state index in [4.69, 9.17) is 9.84 Å². The molecule has 0 fully saturated rings. The van der Waals surface area contributed by atoms with Gasteiger partial charge >= 0.3 is 12.1 Å². The van der Waals surface area contributed by atoms with E-state index in [0.29, 0.717) is 12.1 Å². The van der Waals surface area contributed by atoms with Gasteiger partial charge in [-0.05, 0) is 20.8 Å². The standard InChI is InChI=1S/C11H17N3O4/c1-11(2,3)18-10(17)12-5-4-8-7(9(15)16)6-13-14-8/h6H,4-5H2,1-3H3,(H,12,17)(H,13,14)(H,15,16). The van der Waals surface area contributed by atoms with Crippen LogP contribution in [0.5, 0.6) is 0 Å². The Hall–Kier alpha value is -2.05. The number of ether oxygens (including phenoxy) is 1. The summed E-state index contributed by atoms with van der Waals surface area (Å²) < 4.78 is 5.04. The molecule has 0 aliphatic rings. The van der Waals surface area contributed by atoms with Crippen LogP contribution in [-0.2, 0) is 11.2 Å². The third kappa shape index (κ3) is 4.44. The summed E-state index contributed by atoms with van der Waals surface area (Å²) in [7, 11) is 0. The van der Waals surface area contributed by atoms with Crippen molar-refractivity contribution < 1.29 is 19.4 Å². The highest BCUT2D eigenvalue weighted by Gasteiger charge is 2.16. The van der Waals surface area contributed by atoms with E-state index in [2.05, 4.69) is 15.5 Å². The normalized spacial score (nSPS) is 11.1. The number of carbonyl (C=O) groups excluding carboxylic acids is 1. The van der Waals surface area contributed by atoms with E-state index in [0.717, 1.165) is 0 Å². The molecule has 0 aromatic carbocycles. The van der Waals surface area contributed by atoms with Crippen LogP contribution in [0.3, 0.4) is 0 Å². The molecule has 0 aliphatic carbocycles. The molecule has 7 heteroatoms. The van der Waals surface area contributed by atoms with E-state index in [-0.39, 0.29) is 12.1 Å². The summed E-state index contributed by atoms with van der Waals surface area (Å²) in [5.74, 6) is -1.05. The van der Waals surface area contributed by atoms with Crippen molar-refractivity contribution in [2.75, 3.05) is 6.54 Å². The van der Waals surface area contributed by atoms with Crippen molar-refractivity contribution in [3.8, 4) is 0 Å². The van der Waals surface area contributed by atoms with Gasteiger partial charge in [0.2, 0.25) is 0 Å². The summed E-state index contributed by atoms with van der Waals surface area (Å²) in [5.41, 5.74) is 0.0316. The van der Waals surface area contributed by atoms with Crippen molar-refractivity contribution in [3.05, 3.63) is 17.5 Å². The van der Waals surface area contributed by atoms with Gasteiger partial charge in [0.15, 0.2) is 0 Å². The zero-order valence-corrected chi connectivity index (χ0v) is 10.6. The fourth-order valence-electron chi connectivity index (χ4n) is 1.29. The zero-order valence-electron chi connectivity index (χ0n) is 10.6. The molecule has 1 aromatic rings. The lowest BCUT2D eigenvalue weighted by atomic mass is 10.2. The maximum Gasteiger partial charge on any atom is 0.407 e. The number of H-pyrrole nitrogens is 1. The number of alkyl carbamates (subject to hydrolysis) is 1. The Morgan fingerprint density at radius 1 is 1.50 bits per heavy atom. The molecule has 3 N–H and O–H groups in total. The van der Waals surface area contributed by atoms with Crippen LogP contribution in [0.1, 0.15) is 36.8 Å². The van der Waals surface area contributed by atoms with Crippen molar-refractivity contribution >= 4 is 12.1 Å². The van der Waals surface area contributed by atoms with Gasteiger partial charge < -0.3 is 15.2 Å². The van der Waals surface area contributed by atoms with Crippen LogP contribution in [0.15, 0.2) is 6.20 Å². The van der Waals surface area contributed by atoms with Gasteiger partial charge in [-0.2, -0.15) is 5.10 Å². The molecule has 1 rings (SSSR count). The van der Waals surface area contributed by atoms with E-state index < -0.39 is 17.7 Å². The molecule has 0 atom stereocenters. The molecule has 0 saturated heterocycles. The number of hydrogen-bond donors (Lipinski definition) is 3. The molecule has 100 valence electrons. The average Bonchev–Trinajstić information content (AvgIpc) is 2.62. The minimum absolute atomic E-state index is 0.112. The fourth-order valence-corrected chi connectivity index (χ4v) is 1.29. The van der Waals surface area contributed by atoms with Gasteiger partial charge in [-0.1, -0.05) is 0 Å². The van der Waals surface area contributed by atoms with Crippen LogP contribution >= 0.6 is 0 Å². The number of carboxylic acids is 1. The lowest BCUT2D eigenvalue weighted by Crippen LogP contribution is -2.33. The second kappa shape index (κ2) is 5.52. The SMILES string of the molecule is CC(C)(C)OC(=O)NCCc1[nH]ncc1C(=O)O. The number of rotatable bonds is 4. The largest absolute Gasteiger partial charge is 0.478 e. The van der Waals surface area contributed by atoms with E-state index in [1.54, 1.807) is 20.8 Å². The van der Waals surface area contributed by atoms with Gasteiger partial charge in [0.25, 0.3) is 0 Å². The number of aromatic amines is 1. The second-order valence-electron chi connectivity index (χ2n) is 4.75. The van der Waals surface area contributed by atoms with Crippen LogP contribution in [0.4, 0.5) is 4.79 Å². The number of aromatic carboxylic acids is 1. The van der Waals surface area contributed by atoms with Crippen LogP contribution < -0.4 is 5.32 Å². The molecule has 0 spiro atoms. The predicted octanol–water partition coefficient (Wildman–Crippen LogP) is 1.18. The van der Waals surface area contributed by atoms with E-state index in [1.165, 1.54) is 6.20 Å². The molecule has 0 saturated carbocycles. The predicted molar refractivity (Wildman–Crippen MR) is 63.5 cm³/mol. The topological polar surface area (TPSA) is 104 Å². The summed E-state index contributed by atoms with van der Waals surface area (Å²) >= 11 is 0. The third-order valence-corrected chi connectivity index (χ3v) is 1.99. The second-order valence-corrected chi connectivity index (χ2v) is 4.75. The zero-order chi connectivity index (χ0) is 13.8. The first-order chi connectivity index (χ1) is 8.29. The molecule has 0 radical (unpaired) electrons. The number of hydrogen-bond acceptors (Lipinski definition) is 4. The summed E-state index contributed by atoms with van der Waals surface area (Å²) in [6, 6.07) is 0. The van der Waals surface area contributed by atoms with E-state index in [1.807, 2.05) is 0 Å². The molecule has 1 aromatic heterocycles. The van der Waals surface area contributed by atoms with Gasteiger partial charge in [0.05, 0.1) is 11.9 Å². The molecule has 0 bridgehead atoms. The van der Waals surface area contributed by atoms with Crippen molar-refractivity contribution in [3.63, 3.8) is 0 Å². The molecule has 1 amide bonds. The first-order valence-electron chi connectivity index (χ1n) is 5.52. The lowest BCUT2D eigenvalue weighted by Gasteiger charge is -2.19. The van der Waals surface area contributed by atoms with E-state index >= 15 is 0 Å². The minimum Gasteiger partial charge on any atom is -0.478 e. The summed E-state index contributed by atoms with van der Waals surface area (Å²) in [4.78, 5) is 22.1. The third-order valence-electron chi connectivity index (χ3n) is 1.99. The molecule has 0 aliphatic heterocycles. The maximum absolute atomic E-state index is 11.3. The van der Waals surface area contributed by atoms with E-state index in [9.17, 15) is 9.59 Å². The number of carbonyl (C=O) groups is 2. The van der Waals surface area contributed by atoms with Crippen molar-refractivity contribution in [2.24, 2.45) is 0 Å². The van der Waals surface area contributed by atoms with Crippen molar-refractivity contribution in [1.82, 2.24) is 15.5 Å². The highest BCUT2D eigenvalue weighted by atomic mass is 16.6. The Kier molecular flexibility index (Phi) is 4.30. The highest BCUT2D eigenvalue weighted by molar-refractivity contribution is 5.88. The number of aromatic nitrogens is 2. The lowest BCUT2D eigenvalue weighted by molar-refractivity contribution is 0.0528. The highest BCUT2D eigenvalue weighted by Crippen LogP contribution is 2.07. The fraction of sp³-hybridized carbons (Fsp3) is 0.545. The van der Waals surface area contributed by atoms with Gasteiger partial charge in [-0.3, -0.25) is 5.10 Å². The average molecular weight is 255 g/mol. The Morgan fingerprint density at radius 3 is 2.72 bits per heavy atom. The number of nitrogens with zero attached hydrogens (tertiary/aromatic N) is 1. The summed E-state index contributed by atoms with van der Waals surface area (Å²) in [5, 5.41) is 17.6. The van der Waals surface area contributed by atoms with Crippen LogP contribution in [-0.4, -0.2) is 39.5 Å².